The highest BCUT2D eigenvalue weighted by Crippen LogP contribution is 2.48. The summed E-state index contributed by atoms with van der Waals surface area (Å²) in [5.74, 6) is 0.935. The van der Waals surface area contributed by atoms with Gasteiger partial charge in [0.15, 0.2) is 0 Å². The summed E-state index contributed by atoms with van der Waals surface area (Å²) in [4.78, 5) is 12.6. The minimum Gasteiger partial charge on any atom is -0.509 e. The standard InChI is InChI=1S/C18H23NO3/c1-5-11-8-10(2)9-13(22-4)14(11)15-16(20)18(3,12-6-7-12)19-17(15)21/h8-9,12,20H,5-7H2,1-4H3,(H,19,21). The number of carbonyl (C=O) groups is 1. The van der Waals surface area contributed by atoms with Crippen molar-refractivity contribution < 1.29 is 14.6 Å². The van der Waals surface area contributed by atoms with Crippen LogP contribution in [0.4, 0.5) is 0 Å². The van der Waals surface area contributed by atoms with Gasteiger partial charge in [-0.1, -0.05) is 13.0 Å². The van der Waals surface area contributed by atoms with Gasteiger partial charge in [-0.05, 0) is 56.2 Å². The molecule has 4 nitrogen and oxygen atoms in total. The molecule has 2 aliphatic rings. The number of benzene rings is 1. The molecule has 1 unspecified atom stereocenters. The molecule has 0 spiro atoms. The first-order valence-corrected chi connectivity index (χ1v) is 7.86. The van der Waals surface area contributed by atoms with Gasteiger partial charge in [-0.25, -0.2) is 0 Å². The van der Waals surface area contributed by atoms with Crippen molar-refractivity contribution in [2.75, 3.05) is 7.11 Å². The van der Waals surface area contributed by atoms with Crippen molar-refractivity contribution in [3.8, 4) is 5.75 Å². The van der Waals surface area contributed by atoms with E-state index >= 15 is 0 Å². The Hall–Kier alpha value is -1.97. The maximum Gasteiger partial charge on any atom is 0.256 e. The molecule has 1 aromatic carbocycles. The van der Waals surface area contributed by atoms with E-state index in [-0.39, 0.29) is 11.7 Å². The molecule has 2 N–H and O–H groups in total. The second-order valence-corrected chi connectivity index (χ2v) is 6.51. The number of aryl methyl sites for hydroxylation is 2. The lowest BCUT2D eigenvalue weighted by Crippen LogP contribution is -2.43. The molecule has 1 atom stereocenters. The summed E-state index contributed by atoms with van der Waals surface area (Å²) < 4.78 is 5.50. The fraction of sp³-hybridized carbons (Fsp3) is 0.500. The van der Waals surface area contributed by atoms with Crippen molar-refractivity contribution >= 4 is 11.5 Å². The summed E-state index contributed by atoms with van der Waals surface area (Å²) in [6.07, 6.45) is 2.86. The van der Waals surface area contributed by atoms with Crippen molar-refractivity contribution in [1.82, 2.24) is 5.32 Å². The van der Waals surface area contributed by atoms with Gasteiger partial charge in [0.1, 0.15) is 11.5 Å². The molecular formula is C18H23NO3. The number of hydrogen-bond acceptors (Lipinski definition) is 3. The first kappa shape index (κ1) is 14.9. The zero-order valence-electron chi connectivity index (χ0n) is 13.6. The normalized spacial score (nSPS) is 24.6. The van der Waals surface area contributed by atoms with E-state index in [4.69, 9.17) is 4.74 Å². The van der Waals surface area contributed by atoms with Gasteiger partial charge in [0, 0.05) is 5.56 Å². The average molecular weight is 301 g/mol. The topological polar surface area (TPSA) is 58.6 Å². The van der Waals surface area contributed by atoms with Crippen LogP contribution < -0.4 is 10.1 Å². The van der Waals surface area contributed by atoms with Crippen molar-refractivity contribution in [3.05, 3.63) is 34.6 Å². The van der Waals surface area contributed by atoms with E-state index in [9.17, 15) is 9.90 Å². The molecule has 1 amide bonds. The van der Waals surface area contributed by atoms with Crippen LogP contribution in [0.25, 0.3) is 5.57 Å². The van der Waals surface area contributed by atoms with Gasteiger partial charge < -0.3 is 15.2 Å². The lowest BCUT2D eigenvalue weighted by Gasteiger charge is -2.24. The zero-order valence-corrected chi connectivity index (χ0v) is 13.6. The summed E-state index contributed by atoms with van der Waals surface area (Å²) in [7, 11) is 1.60. The summed E-state index contributed by atoms with van der Waals surface area (Å²) in [5, 5.41) is 13.8. The fourth-order valence-electron chi connectivity index (χ4n) is 3.46. The van der Waals surface area contributed by atoms with Gasteiger partial charge in [-0.3, -0.25) is 4.79 Å². The van der Waals surface area contributed by atoms with Gasteiger partial charge in [-0.2, -0.15) is 0 Å². The number of hydrogen-bond donors (Lipinski definition) is 2. The summed E-state index contributed by atoms with van der Waals surface area (Å²) in [6.45, 7) is 5.96. The summed E-state index contributed by atoms with van der Waals surface area (Å²) >= 11 is 0. The molecule has 1 aromatic rings. The van der Waals surface area contributed by atoms with Crippen LogP contribution in [-0.2, 0) is 11.2 Å². The first-order chi connectivity index (χ1) is 10.4. The second-order valence-electron chi connectivity index (χ2n) is 6.51. The van der Waals surface area contributed by atoms with Crippen molar-refractivity contribution in [2.24, 2.45) is 5.92 Å². The number of aliphatic hydroxyl groups is 1. The Kier molecular flexibility index (Phi) is 3.42. The number of amides is 1. The lowest BCUT2D eigenvalue weighted by molar-refractivity contribution is -0.116. The molecular weight excluding hydrogens is 278 g/mol. The Morgan fingerprint density at radius 3 is 2.64 bits per heavy atom. The van der Waals surface area contributed by atoms with Crippen LogP contribution >= 0.6 is 0 Å². The molecule has 4 heteroatoms. The molecule has 0 bridgehead atoms. The van der Waals surface area contributed by atoms with E-state index in [1.165, 1.54) is 0 Å². The van der Waals surface area contributed by atoms with E-state index < -0.39 is 5.54 Å². The summed E-state index contributed by atoms with van der Waals surface area (Å²) in [6, 6.07) is 3.97. The van der Waals surface area contributed by atoms with E-state index in [0.717, 1.165) is 36.0 Å². The smallest absolute Gasteiger partial charge is 0.256 e. The minimum atomic E-state index is -0.632. The van der Waals surface area contributed by atoms with Gasteiger partial charge in [0.2, 0.25) is 0 Å². The van der Waals surface area contributed by atoms with Crippen molar-refractivity contribution in [3.63, 3.8) is 0 Å². The Morgan fingerprint density at radius 1 is 1.41 bits per heavy atom. The maximum atomic E-state index is 12.6. The number of nitrogens with one attached hydrogen (secondary N) is 1. The SMILES string of the molecule is CCc1cc(C)cc(OC)c1C1=C(O)C(C)(C2CC2)NC1=O. The van der Waals surface area contributed by atoms with E-state index in [1.807, 2.05) is 26.8 Å². The number of aliphatic hydroxyl groups excluding tert-OH is 1. The Bertz CT molecular complexity index is 648. The number of methoxy groups -OCH3 is 1. The number of ether oxygens (including phenoxy) is 1. The molecule has 118 valence electrons. The zero-order chi connectivity index (χ0) is 16.1. The molecule has 0 aromatic heterocycles. The molecule has 1 heterocycles. The number of carbonyl (C=O) groups excluding carboxylic acids is 1. The van der Waals surface area contributed by atoms with Crippen LogP contribution in [0.15, 0.2) is 17.9 Å². The van der Waals surface area contributed by atoms with Gasteiger partial charge in [0.25, 0.3) is 5.91 Å². The minimum absolute atomic E-state index is 0.164. The molecule has 3 rings (SSSR count). The van der Waals surface area contributed by atoms with Crippen molar-refractivity contribution in [2.45, 2.75) is 45.6 Å². The monoisotopic (exact) mass is 301 g/mol. The van der Waals surface area contributed by atoms with E-state index in [0.29, 0.717) is 17.2 Å². The number of rotatable bonds is 4. The van der Waals surface area contributed by atoms with E-state index in [1.54, 1.807) is 7.11 Å². The van der Waals surface area contributed by atoms with Gasteiger partial charge in [-0.15, -0.1) is 0 Å². The Labute approximate surface area is 131 Å². The predicted molar refractivity (Wildman–Crippen MR) is 85.9 cm³/mol. The highest BCUT2D eigenvalue weighted by Gasteiger charge is 2.52. The van der Waals surface area contributed by atoms with Crippen LogP contribution in [0.3, 0.4) is 0 Å². The molecule has 0 saturated heterocycles. The Morgan fingerprint density at radius 2 is 2.09 bits per heavy atom. The molecule has 1 aliphatic heterocycles. The molecule has 22 heavy (non-hydrogen) atoms. The van der Waals surface area contributed by atoms with Gasteiger partial charge in [0.05, 0.1) is 18.2 Å². The average Bonchev–Trinajstić information content (AvgIpc) is 3.29. The quantitative estimate of drug-likeness (QED) is 0.898. The molecule has 1 fully saturated rings. The maximum absolute atomic E-state index is 12.6. The van der Waals surface area contributed by atoms with Gasteiger partial charge >= 0.3 is 0 Å². The second kappa shape index (κ2) is 5.04. The molecule has 1 saturated carbocycles. The summed E-state index contributed by atoms with van der Waals surface area (Å²) in [5.41, 5.74) is 2.58. The van der Waals surface area contributed by atoms with Crippen LogP contribution in [-0.4, -0.2) is 23.7 Å². The largest absolute Gasteiger partial charge is 0.509 e. The lowest BCUT2D eigenvalue weighted by atomic mass is 9.90. The predicted octanol–water partition coefficient (Wildman–Crippen LogP) is 3.13. The third-order valence-corrected chi connectivity index (χ3v) is 4.90. The molecule has 0 radical (unpaired) electrons. The first-order valence-electron chi connectivity index (χ1n) is 7.86. The van der Waals surface area contributed by atoms with Crippen molar-refractivity contribution in [1.29, 1.82) is 0 Å². The van der Waals surface area contributed by atoms with Crippen LogP contribution in [0.2, 0.25) is 0 Å². The third-order valence-electron chi connectivity index (χ3n) is 4.90. The molecule has 1 aliphatic carbocycles. The third kappa shape index (κ3) is 2.09. The highest BCUT2D eigenvalue weighted by atomic mass is 16.5. The van der Waals surface area contributed by atoms with Crippen LogP contribution in [0.5, 0.6) is 5.75 Å². The highest BCUT2D eigenvalue weighted by molar-refractivity contribution is 6.24. The van der Waals surface area contributed by atoms with Crippen LogP contribution in [0, 0.1) is 12.8 Å². The van der Waals surface area contributed by atoms with Crippen LogP contribution in [0.1, 0.15) is 43.4 Å². The Balaban J connectivity index is 2.22. The fourth-order valence-corrected chi connectivity index (χ4v) is 3.46. The van der Waals surface area contributed by atoms with E-state index in [2.05, 4.69) is 11.4 Å².